The molecule has 274 valence electrons. The Morgan fingerprint density at radius 3 is 1.95 bits per heavy atom. The van der Waals surface area contributed by atoms with E-state index in [1.165, 1.54) is 55.7 Å². The summed E-state index contributed by atoms with van der Waals surface area (Å²) in [7, 11) is 0. The lowest BCUT2D eigenvalue weighted by atomic mass is 9.86. The molecule has 0 saturated carbocycles. The van der Waals surface area contributed by atoms with Crippen molar-refractivity contribution in [3.8, 4) is 34.7 Å². The summed E-state index contributed by atoms with van der Waals surface area (Å²) in [6.45, 7) is 3.72. The van der Waals surface area contributed by atoms with Crippen LogP contribution in [0.1, 0.15) is 52.4 Å². The SMILES string of the molecule is C#CC.Cc1ccc2c(Cc3ccccc3)c(-c3ccccc3)c3ccc(-c4ccc(Cc5ccccc5/C(=C5/C=CC=CC5)c5ccccc5)cc4)nc3c2n1. The van der Waals surface area contributed by atoms with Crippen molar-refractivity contribution < 1.29 is 0 Å². The predicted molar refractivity (Wildman–Crippen MR) is 241 cm³/mol. The summed E-state index contributed by atoms with van der Waals surface area (Å²) < 4.78 is 0. The van der Waals surface area contributed by atoms with Gasteiger partial charge in [0.25, 0.3) is 0 Å². The monoisotopic (exact) mass is 732 g/mol. The van der Waals surface area contributed by atoms with Gasteiger partial charge in [0, 0.05) is 22.0 Å². The van der Waals surface area contributed by atoms with Crippen LogP contribution >= 0.6 is 0 Å². The molecule has 6 aromatic carbocycles. The van der Waals surface area contributed by atoms with Crippen LogP contribution in [0.5, 0.6) is 0 Å². The maximum Gasteiger partial charge on any atom is 0.0978 e. The topological polar surface area (TPSA) is 25.8 Å². The largest absolute Gasteiger partial charge is 0.251 e. The summed E-state index contributed by atoms with van der Waals surface area (Å²) in [6, 6.07) is 58.9. The van der Waals surface area contributed by atoms with Crippen LogP contribution in [0.2, 0.25) is 0 Å². The molecule has 1 aliphatic rings. The quantitative estimate of drug-likeness (QED) is 0.115. The van der Waals surface area contributed by atoms with Crippen molar-refractivity contribution in [2.45, 2.75) is 33.1 Å². The number of nitrogens with zero attached hydrogens (tertiary/aromatic N) is 2. The molecule has 0 aliphatic heterocycles. The van der Waals surface area contributed by atoms with Crippen LogP contribution in [0.25, 0.3) is 49.8 Å². The van der Waals surface area contributed by atoms with E-state index in [1.807, 2.05) is 0 Å². The Hall–Kier alpha value is -7.08. The number of rotatable bonds is 8. The highest BCUT2D eigenvalue weighted by Crippen LogP contribution is 2.40. The molecule has 2 heteroatoms. The van der Waals surface area contributed by atoms with Crippen LogP contribution in [-0.4, -0.2) is 9.97 Å². The summed E-state index contributed by atoms with van der Waals surface area (Å²) in [6.07, 6.45) is 16.0. The molecule has 8 aromatic rings. The average Bonchev–Trinajstić information content (AvgIpc) is 3.26. The normalized spacial score (nSPS) is 12.9. The fraction of sp³-hybridized carbons (Fsp3) is 0.0909. The van der Waals surface area contributed by atoms with Gasteiger partial charge in [-0.2, -0.15) is 0 Å². The molecule has 0 saturated heterocycles. The molecule has 9 rings (SSSR count). The van der Waals surface area contributed by atoms with Gasteiger partial charge in [-0.1, -0.05) is 170 Å². The molecular formula is C55H44N2. The van der Waals surface area contributed by atoms with E-state index < -0.39 is 0 Å². The second-order valence-corrected chi connectivity index (χ2v) is 14.4. The molecule has 2 nitrogen and oxygen atoms in total. The third-order valence-corrected chi connectivity index (χ3v) is 10.5. The average molecular weight is 733 g/mol. The number of terminal acetylenes is 1. The van der Waals surface area contributed by atoms with E-state index >= 15 is 0 Å². The third-order valence-electron chi connectivity index (χ3n) is 10.5. The van der Waals surface area contributed by atoms with Gasteiger partial charge in [0.2, 0.25) is 0 Å². The van der Waals surface area contributed by atoms with E-state index in [1.54, 1.807) is 6.92 Å². The van der Waals surface area contributed by atoms with Gasteiger partial charge in [0.05, 0.1) is 16.7 Å². The first kappa shape index (κ1) is 36.9. The minimum absolute atomic E-state index is 0.812. The first-order valence-corrected chi connectivity index (χ1v) is 19.6. The predicted octanol–water partition coefficient (Wildman–Crippen LogP) is 13.6. The Labute approximate surface area is 336 Å². The summed E-state index contributed by atoms with van der Waals surface area (Å²) in [5.74, 6) is 2.25. The van der Waals surface area contributed by atoms with Crippen molar-refractivity contribution >= 4 is 27.4 Å². The minimum Gasteiger partial charge on any atom is -0.251 e. The van der Waals surface area contributed by atoms with Crippen molar-refractivity contribution in [3.63, 3.8) is 0 Å². The highest BCUT2D eigenvalue weighted by Gasteiger charge is 2.20. The fourth-order valence-electron chi connectivity index (χ4n) is 7.95. The second kappa shape index (κ2) is 17.2. The Morgan fingerprint density at radius 2 is 1.23 bits per heavy atom. The van der Waals surface area contributed by atoms with Crippen LogP contribution in [0.4, 0.5) is 0 Å². The number of benzene rings is 6. The zero-order valence-corrected chi connectivity index (χ0v) is 32.5. The van der Waals surface area contributed by atoms with Gasteiger partial charge in [0.1, 0.15) is 0 Å². The number of hydrogen-bond donors (Lipinski definition) is 0. The number of fused-ring (bicyclic) bond motifs is 3. The lowest BCUT2D eigenvalue weighted by Crippen LogP contribution is -2.01. The van der Waals surface area contributed by atoms with E-state index in [0.717, 1.165) is 58.0 Å². The number of aromatic nitrogens is 2. The molecule has 0 amide bonds. The van der Waals surface area contributed by atoms with Crippen molar-refractivity contribution in [1.29, 1.82) is 0 Å². The second-order valence-electron chi connectivity index (χ2n) is 14.4. The smallest absolute Gasteiger partial charge is 0.0978 e. The highest BCUT2D eigenvalue weighted by molar-refractivity contribution is 6.13. The standard InChI is InChI=1S/C52H40N2.C3H4/c1-36-26-31-45-47(35-37-16-6-2-7-17-37)50(42-22-12-5-13-23-42)46-32-33-48(54-52(46)51(45)53-36)39-29-27-38(28-30-39)34-43-24-14-15-25-44(43)49(40-18-8-3-9-19-40)41-20-10-4-11-21-41;1-3-2/h2-20,22-33H,21,34-35H2,1H3;1H,2H3/b49-41-;. The van der Waals surface area contributed by atoms with Gasteiger partial charge in [-0.15, -0.1) is 12.3 Å². The van der Waals surface area contributed by atoms with Crippen molar-refractivity contribution in [1.82, 2.24) is 9.97 Å². The molecule has 2 heterocycles. The molecule has 0 bridgehead atoms. The Kier molecular flexibility index (Phi) is 11.1. The molecule has 1 aliphatic carbocycles. The third kappa shape index (κ3) is 8.01. The minimum atomic E-state index is 0.812. The van der Waals surface area contributed by atoms with Gasteiger partial charge < -0.3 is 0 Å². The maximum absolute atomic E-state index is 5.40. The lowest BCUT2D eigenvalue weighted by Gasteiger charge is -2.19. The van der Waals surface area contributed by atoms with E-state index in [4.69, 9.17) is 9.97 Å². The van der Waals surface area contributed by atoms with Crippen LogP contribution in [0, 0.1) is 19.3 Å². The molecule has 0 unspecified atom stereocenters. The van der Waals surface area contributed by atoms with Crippen LogP contribution < -0.4 is 0 Å². The summed E-state index contributed by atoms with van der Waals surface area (Å²) >= 11 is 0. The fourth-order valence-corrected chi connectivity index (χ4v) is 7.95. The van der Waals surface area contributed by atoms with E-state index in [9.17, 15) is 0 Å². The van der Waals surface area contributed by atoms with Gasteiger partial charge in [-0.3, -0.25) is 4.98 Å². The van der Waals surface area contributed by atoms with Crippen molar-refractivity contribution in [2.75, 3.05) is 0 Å². The van der Waals surface area contributed by atoms with Crippen LogP contribution in [0.3, 0.4) is 0 Å². The van der Waals surface area contributed by atoms with Crippen LogP contribution in [0.15, 0.2) is 194 Å². The molecule has 0 fully saturated rings. The van der Waals surface area contributed by atoms with Crippen LogP contribution in [-0.2, 0) is 12.8 Å². The molecule has 0 spiro atoms. The first-order valence-electron chi connectivity index (χ1n) is 19.6. The summed E-state index contributed by atoms with van der Waals surface area (Å²) in [4.78, 5) is 10.5. The lowest BCUT2D eigenvalue weighted by molar-refractivity contribution is 1.17. The van der Waals surface area contributed by atoms with Crippen molar-refractivity contribution in [3.05, 3.63) is 233 Å². The molecule has 0 atom stereocenters. The number of allylic oxidation sites excluding steroid dienone is 5. The van der Waals surface area contributed by atoms with Gasteiger partial charge in [0.15, 0.2) is 0 Å². The number of aryl methyl sites for hydroxylation is 1. The Morgan fingerprint density at radius 1 is 0.596 bits per heavy atom. The first-order chi connectivity index (χ1) is 28.1. The Bertz CT molecular complexity index is 2800. The molecule has 0 radical (unpaired) electrons. The van der Waals surface area contributed by atoms with Gasteiger partial charge in [-0.05, 0) is 107 Å². The van der Waals surface area contributed by atoms with Gasteiger partial charge in [-0.25, -0.2) is 4.98 Å². The maximum atomic E-state index is 5.40. The van der Waals surface area contributed by atoms with Gasteiger partial charge >= 0.3 is 0 Å². The zero-order valence-electron chi connectivity index (χ0n) is 32.5. The molecule has 57 heavy (non-hydrogen) atoms. The summed E-state index contributed by atoms with van der Waals surface area (Å²) in [5.41, 5.74) is 17.7. The zero-order chi connectivity index (χ0) is 39.0. The molecule has 0 N–H and O–H groups in total. The summed E-state index contributed by atoms with van der Waals surface area (Å²) in [5, 5.41) is 2.28. The van der Waals surface area contributed by atoms with E-state index in [0.29, 0.717) is 0 Å². The molecule has 2 aromatic heterocycles. The highest BCUT2D eigenvalue weighted by atomic mass is 14.8. The van der Waals surface area contributed by atoms with Crippen molar-refractivity contribution in [2.24, 2.45) is 0 Å². The number of hydrogen-bond acceptors (Lipinski definition) is 2. The molecular weight excluding hydrogens is 689 g/mol. The van der Waals surface area contributed by atoms with E-state index in [2.05, 4.69) is 207 Å². The number of pyridine rings is 2. The Balaban J connectivity index is 0.00000147. The van der Waals surface area contributed by atoms with E-state index in [-0.39, 0.29) is 0 Å².